The van der Waals surface area contributed by atoms with Crippen molar-refractivity contribution in [3.63, 3.8) is 0 Å². The third-order valence-corrected chi connectivity index (χ3v) is 7.11. The van der Waals surface area contributed by atoms with Gasteiger partial charge in [0.05, 0.1) is 4.90 Å². The second-order valence-electron chi connectivity index (χ2n) is 6.98. The molecule has 5 nitrogen and oxygen atoms in total. The molecule has 6 heteroatoms. The van der Waals surface area contributed by atoms with Gasteiger partial charge in [-0.1, -0.05) is 6.07 Å². The zero-order chi connectivity index (χ0) is 17.3. The number of piperidine rings is 1. The molecule has 0 aliphatic carbocycles. The molecule has 0 radical (unpaired) electrons. The van der Waals surface area contributed by atoms with E-state index in [9.17, 15) is 13.2 Å². The second-order valence-corrected chi connectivity index (χ2v) is 8.92. The van der Waals surface area contributed by atoms with E-state index in [0.717, 1.165) is 32.1 Å². The standard InChI is InChI=1S/C18H26N2O3S/c1-14-7-5-8-15(2)20(14)18(21)16-9-6-10-17(13-16)24(22,23)19-11-3-4-12-19/h6,9-10,13-15H,3-5,7-8,11-12H2,1-2H3. The fraction of sp³-hybridized carbons (Fsp3) is 0.611. The normalized spacial score (nSPS) is 25.8. The maximum atomic E-state index is 12.9. The van der Waals surface area contributed by atoms with E-state index in [0.29, 0.717) is 18.7 Å². The molecule has 0 spiro atoms. The molecule has 0 N–H and O–H groups in total. The summed E-state index contributed by atoms with van der Waals surface area (Å²) in [6.45, 7) is 5.28. The summed E-state index contributed by atoms with van der Waals surface area (Å²) in [6, 6.07) is 6.92. The minimum Gasteiger partial charge on any atom is -0.333 e. The largest absolute Gasteiger partial charge is 0.333 e. The van der Waals surface area contributed by atoms with Crippen molar-refractivity contribution in [2.75, 3.05) is 13.1 Å². The SMILES string of the molecule is CC1CCCC(C)N1C(=O)c1cccc(S(=O)(=O)N2CCCC2)c1. The predicted octanol–water partition coefficient (Wildman–Crippen LogP) is 2.87. The first-order chi connectivity index (χ1) is 11.4. The van der Waals surface area contributed by atoms with Crippen LogP contribution in [0.2, 0.25) is 0 Å². The number of hydrogen-bond acceptors (Lipinski definition) is 3. The number of amides is 1. The minimum absolute atomic E-state index is 0.0619. The molecule has 2 saturated heterocycles. The number of carbonyl (C=O) groups excluding carboxylic acids is 1. The van der Waals surface area contributed by atoms with Crippen LogP contribution in [0, 0.1) is 0 Å². The molecule has 0 saturated carbocycles. The van der Waals surface area contributed by atoms with Crippen LogP contribution in [0.25, 0.3) is 0 Å². The van der Waals surface area contributed by atoms with Crippen molar-refractivity contribution in [3.05, 3.63) is 29.8 Å². The number of likely N-dealkylation sites (tertiary alicyclic amines) is 1. The highest BCUT2D eigenvalue weighted by molar-refractivity contribution is 7.89. The molecule has 1 aromatic carbocycles. The van der Waals surface area contributed by atoms with E-state index in [1.165, 1.54) is 4.31 Å². The molecule has 2 atom stereocenters. The van der Waals surface area contributed by atoms with E-state index in [4.69, 9.17) is 0 Å². The Morgan fingerprint density at radius 2 is 1.67 bits per heavy atom. The van der Waals surface area contributed by atoms with Crippen molar-refractivity contribution in [2.24, 2.45) is 0 Å². The van der Waals surface area contributed by atoms with Crippen LogP contribution >= 0.6 is 0 Å². The maximum Gasteiger partial charge on any atom is 0.254 e. The average Bonchev–Trinajstić information content (AvgIpc) is 3.10. The Hall–Kier alpha value is -1.40. The molecule has 2 aliphatic rings. The number of rotatable bonds is 3. The summed E-state index contributed by atoms with van der Waals surface area (Å²) in [4.78, 5) is 15.1. The van der Waals surface area contributed by atoms with Crippen LogP contribution in [0.3, 0.4) is 0 Å². The van der Waals surface area contributed by atoms with E-state index < -0.39 is 10.0 Å². The van der Waals surface area contributed by atoms with Crippen LogP contribution in [0.1, 0.15) is 56.3 Å². The Bertz CT molecular complexity index is 701. The smallest absolute Gasteiger partial charge is 0.254 e. The summed E-state index contributed by atoms with van der Waals surface area (Å²) in [7, 11) is -3.49. The molecule has 2 heterocycles. The molecule has 3 rings (SSSR count). The van der Waals surface area contributed by atoms with Gasteiger partial charge in [-0.3, -0.25) is 4.79 Å². The first-order valence-corrected chi connectivity index (χ1v) is 10.3. The Morgan fingerprint density at radius 3 is 2.29 bits per heavy atom. The quantitative estimate of drug-likeness (QED) is 0.842. The molecule has 0 aromatic heterocycles. The van der Waals surface area contributed by atoms with Gasteiger partial charge in [-0.2, -0.15) is 4.31 Å². The molecule has 2 fully saturated rings. The number of hydrogen-bond donors (Lipinski definition) is 0. The van der Waals surface area contributed by atoms with Crippen LogP contribution in [0.4, 0.5) is 0 Å². The Morgan fingerprint density at radius 1 is 1.04 bits per heavy atom. The van der Waals surface area contributed by atoms with Gasteiger partial charge in [0.15, 0.2) is 0 Å². The van der Waals surface area contributed by atoms with Crippen molar-refractivity contribution in [2.45, 2.75) is 62.9 Å². The summed E-state index contributed by atoms with van der Waals surface area (Å²) < 4.78 is 26.9. The summed E-state index contributed by atoms with van der Waals surface area (Å²) in [5, 5.41) is 0. The molecule has 132 valence electrons. The summed E-state index contributed by atoms with van der Waals surface area (Å²) in [6.07, 6.45) is 4.94. The lowest BCUT2D eigenvalue weighted by Crippen LogP contribution is -2.47. The molecular weight excluding hydrogens is 324 g/mol. The Labute approximate surface area is 144 Å². The highest BCUT2D eigenvalue weighted by Gasteiger charge is 2.31. The molecular formula is C18H26N2O3S. The Kier molecular flexibility index (Phi) is 4.97. The van der Waals surface area contributed by atoms with Crippen LogP contribution in [0.5, 0.6) is 0 Å². The lowest BCUT2D eigenvalue weighted by Gasteiger charge is -2.39. The van der Waals surface area contributed by atoms with E-state index in [-0.39, 0.29) is 22.9 Å². The minimum atomic E-state index is -3.49. The van der Waals surface area contributed by atoms with Gasteiger partial charge < -0.3 is 4.90 Å². The highest BCUT2D eigenvalue weighted by Crippen LogP contribution is 2.26. The third-order valence-electron chi connectivity index (χ3n) is 5.21. The van der Waals surface area contributed by atoms with E-state index >= 15 is 0 Å². The van der Waals surface area contributed by atoms with Crippen molar-refractivity contribution >= 4 is 15.9 Å². The first kappa shape index (κ1) is 17.4. The molecule has 2 unspecified atom stereocenters. The van der Waals surface area contributed by atoms with Crippen molar-refractivity contribution in [1.29, 1.82) is 0 Å². The summed E-state index contributed by atoms with van der Waals surface area (Å²) in [5.74, 6) is -0.0619. The zero-order valence-corrected chi connectivity index (χ0v) is 15.3. The van der Waals surface area contributed by atoms with E-state index in [1.54, 1.807) is 24.3 Å². The lowest BCUT2D eigenvalue weighted by molar-refractivity contribution is 0.0510. The van der Waals surface area contributed by atoms with Gasteiger partial charge in [-0.25, -0.2) is 8.42 Å². The monoisotopic (exact) mass is 350 g/mol. The molecule has 1 aromatic rings. The van der Waals surface area contributed by atoms with E-state index in [2.05, 4.69) is 13.8 Å². The van der Waals surface area contributed by atoms with Gasteiger partial charge in [0, 0.05) is 30.7 Å². The average molecular weight is 350 g/mol. The summed E-state index contributed by atoms with van der Waals surface area (Å²) in [5.41, 5.74) is 0.468. The van der Waals surface area contributed by atoms with Crippen LogP contribution in [0.15, 0.2) is 29.2 Å². The van der Waals surface area contributed by atoms with Crippen molar-refractivity contribution in [1.82, 2.24) is 9.21 Å². The molecule has 24 heavy (non-hydrogen) atoms. The van der Waals surface area contributed by atoms with Gasteiger partial charge in [0.1, 0.15) is 0 Å². The van der Waals surface area contributed by atoms with Gasteiger partial charge in [0.25, 0.3) is 5.91 Å². The fourth-order valence-corrected chi connectivity index (χ4v) is 5.40. The predicted molar refractivity (Wildman–Crippen MR) is 93.4 cm³/mol. The lowest BCUT2D eigenvalue weighted by atomic mass is 9.96. The third kappa shape index (κ3) is 3.22. The topological polar surface area (TPSA) is 57.7 Å². The molecule has 0 bridgehead atoms. The number of nitrogens with zero attached hydrogens (tertiary/aromatic N) is 2. The fourth-order valence-electron chi connectivity index (χ4n) is 3.84. The summed E-state index contributed by atoms with van der Waals surface area (Å²) >= 11 is 0. The maximum absolute atomic E-state index is 12.9. The van der Waals surface area contributed by atoms with Crippen molar-refractivity contribution in [3.8, 4) is 0 Å². The molecule has 2 aliphatic heterocycles. The van der Waals surface area contributed by atoms with E-state index in [1.807, 2.05) is 4.90 Å². The zero-order valence-electron chi connectivity index (χ0n) is 14.4. The van der Waals surface area contributed by atoms with Crippen molar-refractivity contribution < 1.29 is 13.2 Å². The van der Waals surface area contributed by atoms with Gasteiger partial charge >= 0.3 is 0 Å². The van der Waals surface area contributed by atoms with Crippen LogP contribution < -0.4 is 0 Å². The highest BCUT2D eigenvalue weighted by atomic mass is 32.2. The van der Waals surface area contributed by atoms with Crippen LogP contribution in [-0.4, -0.2) is 48.7 Å². The van der Waals surface area contributed by atoms with Gasteiger partial charge in [-0.05, 0) is 64.2 Å². The number of sulfonamides is 1. The van der Waals surface area contributed by atoms with Gasteiger partial charge in [0.2, 0.25) is 10.0 Å². The Balaban J connectivity index is 1.88. The first-order valence-electron chi connectivity index (χ1n) is 8.84. The molecule has 1 amide bonds. The van der Waals surface area contributed by atoms with Crippen LogP contribution in [-0.2, 0) is 10.0 Å². The second kappa shape index (κ2) is 6.84. The number of benzene rings is 1. The number of carbonyl (C=O) groups is 1. The van der Waals surface area contributed by atoms with Gasteiger partial charge in [-0.15, -0.1) is 0 Å².